The van der Waals surface area contributed by atoms with E-state index in [1.54, 1.807) is 30.1 Å². The van der Waals surface area contributed by atoms with Crippen LogP contribution in [0.5, 0.6) is 0 Å². The number of hydrogen-bond donors (Lipinski definition) is 2. The molecule has 0 aliphatic rings. The minimum Gasteiger partial charge on any atom is -0.481 e. The van der Waals surface area contributed by atoms with Crippen LogP contribution in [0, 0.1) is 0 Å². The van der Waals surface area contributed by atoms with Gasteiger partial charge in [-0.05, 0) is 17.9 Å². The standard InChI is InChI=1S/C19H25N3O3/c1-5-19(18(24)25,14-9-7-6-8-10-14)12-20-17(23)15-11-22(4)21-16(15)13(2)3/h6-11,13H,5,12H2,1-4H3,(H,20,23)(H,24,25). The van der Waals surface area contributed by atoms with Crippen molar-refractivity contribution < 1.29 is 14.7 Å². The predicted octanol–water partition coefficient (Wildman–Crippen LogP) is 2.71. The number of amides is 1. The Bertz CT molecular complexity index is 753. The van der Waals surface area contributed by atoms with E-state index in [1.807, 2.05) is 39.0 Å². The number of nitrogens with one attached hydrogen (secondary N) is 1. The van der Waals surface area contributed by atoms with Gasteiger partial charge < -0.3 is 10.4 Å². The Morgan fingerprint density at radius 2 is 1.92 bits per heavy atom. The van der Waals surface area contributed by atoms with E-state index in [0.29, 0.717) is 23.2 Å². The lowest BCUT2D eigenvalue weighted by Crippen LogP contribution is -2.46. The van der Waals surface area contributed by atoms with Crippen LogP contribution >= 0.6 is 0 Å². The van der Waals surface area contributed by atoms with Crippen molar-refractivity contribution in [1.29, 1.82) is 0 Å². The lowest BCUT2D eigenvalue weighted by molar-refractivity contribution is -0.143. The summed E-state index contributed by atoms with van der Waals surface area (Å²) in [5.74, 6) is -1.14. The van der Waals surface area contributed by atoms with Gasteiger partial charge in [0.2, 0.25) is 0 Å². The highest BCUT2D eigenvalue weighted by Crippen LogP contribution is 2.28. The fourth-order valence-electron chi connectivity index (χ4n) is 2.97. The molecule has 1 heterocycles. The van der Waals surface area contributed by atoms with E-state index in [1.165, 1.54) is 0 Å². The Morgan fingerprint density at radius 1 is 1.28 bits per heavy atom. The maximum atomic E-state index is 12.6. The molecule has 0 fully saturated rings. The van der Waals surface area contributed by atoms with Crippen molar-refractivity contribution in [3.63, 3.8) is 0 Å². The molecule has 0 radical (unpaired) electrons. The number of carboxylic acid groups (broad SMARTS) is 1. The Balaban J connectivity index is 2.27. The van der Waals surface area contributed by atoms with Gasteiger partial charge in [-0.25, -0.2) is 0 Å². The van der Waals surface area contributed by atoms with Crippen LogP contribution in [-0.2, 0) is 17.3 Å². The third kappa shape index (κ3) is 3.73. The number of benzene rings is 1. The average molecular weight is 343 g/mol. The maximum Gasteiger partial charge on any atom is 0.315 e. The normalized spacial score (nSPS) is 13.5. The quantitative estimate of drug-likeness (QED) is 0.809. The summed E-state index contributed by atoms with van der Waals surface area (Å²) in [5.41, 5.74) is 0.718. The first-order chi connectivity index (χ1) is 11.8. The van der Waals surface area contributed by atoms with Crippen LogP contribution < -0.4 is 5.32 Å². The molecule has 0 aliphatic carbocycles. The van der Waals surface area contributed by atoms with Crippen LogP contribution in [0.4, 0.5) is 0 Å². The van der Waals surface area contributed by atoms with Crippen molar-refractivity contribution >= 4 is 11.9 Å². The fraction of sp³-hybridized carbons (Fsp3) is 0.421. The van der Waals surface area contributed by atoms with E-state index in [-0.39, 0.29) is 18.4 Å². The zero-order chi connectivity index (χ0) is 18.6. The second kappa shape index (κ2) is 7.51. The van der Waals surface area contributed by atoms with Crippen LogP contribution in [0.2, 0.25) is 0 Å². The summed E-state index contributed by atoms with van der Waals surface area (Å²) in [4.78, 5) is 24.7. The summed E-state index contributed by atoms with van der Waals surface area (Å²) in [7, 11) is 1.76. The van der Waals surface area contributed by atoms with Crippen molar-refractivity contribution in [2.75, 3.05) is 6.54 Å². The number of carbonyl (C=O) groups is 2. The number of aliphatic carboxylic acids is 1. The Labute approximate surface area is 147 Å². The zero-order valence-electron chi connectivity index (χ0n) is 15.1. The summed E-state index contributed by atoms with van der Waals surface area (Å²) in [6.45, 7) is 5.78. The molecule has 134 valence electrons. The first-order valence-corrected chi connectivity index (χ1v) is 8.42. The van der Waals surface area contributed by atoms with E-state index in [4.69, 9.17) is 0 Å². The highest BCUT2D eigenvalue weighted by atomic mass is 16.4. The first kappa shape index (κ1) is 18.7. The van der Waals surface area contributed by atoms with Crippen molar-refractivity contribution in [3.8, 4) is 0 Å². The highest BCUT2D eigenvalue weighted by Gasteiger charge is 2.39. The van der Waals surface area contributed by atoms with Gasteiger partial charge in [0, 0.05) is 19.8 Å². The van der Waals surface area contributed by atoms with E-state index < -0.39 is 11.4 Å². The van der Waals surface area contributed by atoms with Gasteiger partial charge in [-0.2, -0.15) is 5.10 Å². The molecule has 0 bridgehead atoms. The zero-order valence-corrected chi connectivity index (χ0v) is 15.1. The summed E-state index contributed by atoms with van der Waals surface area (Å²) in [6.07, 6.45) is 2.04. The third-order valence-corrected chi connectivity index (χ3v) is 4.54. The topological polar surface area (TPSA) is 84.2 Å². The predicted molar refractivity (Wildman–Crippen MR) is 95.7 cm³/mol. The lowest BCUT2D eigenvalue weighted by Gasteiger charge is -2.29. The Morgan fingerprint density at radius 3 is 2.44 bits per heavy atom. The van der Waals surface area contributed by atoms with Crippen molar-refractivity contribution in [1.82, 2.24) is 15.1 Å². The van der Waals surface area contributed by atoms with Crippen LogP contribution in [0.15, 0.2) is 36.5 Å². The maximum absolute atomic E-state index is 12.6. The fourth-order valence-corrected chi connectivity index (χ4v) is 2.97. The molecule has 0 saturated heterocycles. The van der Waals surface area contributed by atoms with Crippen LogP contribution in [0.3, 0.4) is 0 Å². The van der Waals surface area contributed by atoms with Gasteiger partial charge in [-0.15, -0.1) is 0 Å². The number of rotatable bonds is 7. The third-order valence-electron chi connectivity index (χ3n) is 4.54. The van der Waals surface area contributed by atoms with E-state index in [0.717, 1.165) is 0 Å². The van der Waals surface area contributed by atoms with Gasteiger partial charge in [-0.3, -0.25) is 14.3 Å². The summed E-state index contributed by atoms with van der Waals surface area (Å²) < 4.78 is 1.60. The summed E-state index contributed by atoms with van der Waals surface area (Å²) in [5, 5.41) is 17.0. The number of nitrogens with zero attached hydrogens (tertiary/aromatic N) is 2. The van der Waals surface area contributed by atoms with Crippen LogP contribution in [-0.4, -0.2) is 33.3 Å². The van der Waals surface area contributed by atoms with Gasteiger partial charge in [0.15, 0.2) is 0 Å². The molecule has 25 heavy (non-hydrogen) atoms. The molecule has 6 nitrogen and oxygen atoms in total. The Kier molecular flexibility index (Phi) is 5.62. The van der Waals surface area contributed by atoms with Crippen LogP contribution in [0.1, 0.15) is 54.7 Å². The average Bonchev–Trinajstić information content (AvgIpc) is 2.98. The van der Waals surface area contributed by atoms with Gasteiger partial charge >= 0.3 is 5.97 Å². The number of aromatic nitrogens is 2. The molecular weight excluding hydrogens is 318 g/mol. The molecule has 6 heteroatoms. The molecule has 1 atom stereocenters. The summed E-state index contributed by atoms with van der Waals surface area (Å²) in [6, 6.07) is 9.03. The van der Waals surface area contributed by atoms with Crippen LogP contribution in [0.25, 0.3) is 0 Å². The number of hydrogen-bond acceptors (Lipinski definition) is 3. The number of carbonyl (C=O) groups excluding carboxylic acids is 1. The largest absolute Gasteiger partial charge is 0.481 e. The molecular formula is C19H25N3O3. The molecule has 0 saturated carbocycles. The lowest BCUT2D eigenvalue weighted by atomic mass is 9.78. The second-order valence-corrected chi connectivity index (χ2v) is 6.55. The van der Waals surface area contributed by atoms with Gasteiger partial charge in [-0.1, -0.05) is 51.1 Å². The monoisotopic (exact) mass is 343 g/mol. The molecule has 0 spiro atoms. The SMILES string of the molecule is CCC(CNC(=O)c1cn(C)nc1C(C)C)(C(=O)O)c1ccccc1. The number of carboxylic acids is 1. The van der Waals surface area contributed by atoms with E-state index in [2.05, 4.69) is 10.4 Å². The van der Waals surface area contributed by atoms with Crippen molar-refractivity contribution in [3.05, 3.63) is 53.3 Å². The molecule has 2 N–H and O–H groups in total. The van der Waals surface area contributed by atoms with Gasteiger partial charge in [0.25, 0.3) is 5.91 Å². The highest BCUT2D eigenvalue weighted by molar-refractivity contribution is 5.96. The van der Waals surface area contributed by atoms with Crippen molar-refractivity contribution in [2.24, 2.45) is 7.05 Å². The second-order valence-electron chi connectivity index (χ2n) is 6.55. The number of aryl methyl sites for hydroxylation is 1. The first-order valence-electron chi connectivity index (χ1n) is 8.42. The molecule has 0 aliphatic heterocycles. The molecule has 1 aromatic heterocycles. The minimum atomic E-state index is -1.16. The minimum absolute atomic E-state index is 0.0219. The molecule has 1 amide bonds. The molecule has 1 unspecified atom stereocenters. The van der Waals surface area contributed by atoms with Gasteiger partial charge in [0.1, 0.15) is 5.41 Å². The van der Waals surface area contributed by atoms with Crippen molar-refractivity contribution in [2.45, 2.75) is 38.5 Å². The Hall–Kier alpha value is -2.63. The molecule has 2 rings (SSSR count). The smallest absolute Gasteiger partial charge is 0.315 e. The summed E-state index contributed by atoms with van der Waals surface area (Å²) >= 11 is 0. The molecule has 1 aromatic carbocycles. The van der Waals surface area contributed by atoms with Gasteiger partial charge in [0.05, 0.1) is 11.3 Å². The van der Waals surface area contributed by atoms with E-state index in [9.17, 15) is 14.7 Å². The van der Waals surface area contributed by atoms with E-state index >= 15 is 0 Å². The molecule has 2 aromatic rings.